The fourth-order valence-corrected chi connectivity index (χ4v) is 3.46. The van der Waals surface area contributed by atoms with Gasteiger partial charge in [-0.25, -0.2) is 0 Å². The van der Waals surface area contributed by atoms with Crippen LogP contribution >= 0.6 is 11.3 Å². The fraction of sp³-hybridized carbons (Fsp3) is 0.500. The second-order valence-electron chi connectivity index (χ2n) is 5.43. The lowest BCUT2D eigenvalue weighted by atomic mass is 10.2. The standard InChI is InChI=1S/C14H16N2O3S/c1-7-5-11(20-8(7)2)14(19)16(9-3-4-9)10-6-12(17)15-13(10)18/h5,9-10H,3-4,6H2,1-2H3,(H,15,17,18)/t10-/m1/s1. The number of rotatable bonds is 3. The van der Waals surface area contributed by atoms with E-state index in [1.165, 1.54) is 11.3 Å². The molecule has 1 aromatic rings. The number of thiophene rings is 1. The van der Waals surface area contributed by atoms with Crippen LogP contribution in [-0.4, -0.2) is 34.7 Å². The molecule has 1 saturated heterocycles. The molecule has 0 bridgehead atoms. The van der Waals surface area contributed by atoms with Crippen LogP contribution in [-0.2, 0) is 9.59 Å². The summed E-state index contributed by atoms with van der Waals surface area (Å²) in [6.07, 6.45) is 1.91. The second-order valence-corrected chi connectivity index (χ2v) is 6.68. The van der Waals surface area contributed by atoms with Gasteiger partial charge in [0.05, 0.1) is 11.3 Å². The number of amides is 3. The van der Waals surface area contributed by atoms with Crippen molar-refractivity contribution in [1.29, 1.82) is 0 Å². The molecule has 0 radical (unpaired) electrons. The summed E-state index contributed by atoms with van der Waals surface area (Å²) in [5, 5.41) is 2.28. The predicted octanol–water partition coefficient (Wildman–Crippen LogP) is 1.38. The molecule has 2 fully saturated rings. The molecule has 2 aliphatic rings. The molecule has 106 valence electrons. The molecule has 0 aromatic carbocycles. The zero-order chi connectivity index (χ0) is 14.4. The average Bonchev–Trinajstić information content (AvgIpc) is 3.08. The molecule has 1 N–H and O–H groups in total. The summed E-state index contributed by atoms with van der Waals surface area (Å²) in [7, 11) is 0. The summed E-state index contributed by atoms with van der Waals surface area (Å²) in [6.45, 7) is 3.94. The van der Waals surface area contributed by atoms with E-state index in [1.807, 2.05) is 19.9 Å². The SMILES string of the molecule is Cc1cc(C(=O)N(C2CC2)[C@@H]2CC(=O)NC2=O)sc1C. The molecule has 3 amide bonds. The van der Waals surface area contributed by atoms with Gasteiger partial charge in [-0.2, -0.15) is 0 Å². The van der Waals surface area contributed by atoms with Crippen molar-refractivity contribution in [1.82, 2.24) is 10.2 Å². The molecule has 20 heavy (non-hydrogen) atoms. The second kappa shape index (κ2) is 4.70. The van der Waals surface area contributed by atoms with E-state index in [0.717, 1.165) is 23.3 Å². The molecule has 1 aliphatic heterocycles. The summed E-state index contributed by atoms with van der Waals surface area (Å²) in [6, 6.07) is 1.34. The number of aryl methyl sites for hydroxylation is 2. The van der Waals surface area contributed by atoms with Gasteiger partial charge in [0.1, 0.15) is 6.04 Å². The van der Waals surface area contributed by atoms with Crippen LogP contribution in [0.25, 0.3) is 0 Å². The summed E-state index contributed by atoms with van der Waals surface area (Å²) in [4.78, 5) is 39.3. The van der Waals surface area contributed by atoms with Crippen molar-refractivity contribution < 1.29 is 14.4 Å². The first-order chi connectivity index (χ1) is 9.47. The van der Waals surface area contributed by atoms with Crippen molar-refractivity contribution in [3.8, 4) is 0 Å². The van der Waals surface area contributed by atoms with E-state index in [4.69, 9.17) is 0 Å². The lowest BCUT2D eigenvalue weighted by Crippen LogP contribution is -2.45. The highest BCUT2D eigenvalue weighted by molar-refractivity contribution is 7.14. The summed E-state index contributed by atoms with van der Waals surface area (Å²) in [5.74, 6) is -0.763. The van der Waals surface area contributed by atoms with Gasteiger partial charge in [0.2, 0.25) is 11.8 Å². The van der Waals surface area contributed by atoms with Crippen LogP contribution in [0.3, 0.4) is 0 Å². The van der Waals surface area contributed by atoms with Crippen LogP contribution in [0.1, 0.15) is 39.4 Å². The molecule has 2 heterocycles. The van der Waals surface area contributed by atoms with Crippen LogP contribution in [0.5, 0.6) is 0 Å². The molecule has 0 spiro atoms. The highest BCUT2D eigenvalue weighted by Crippen LogP contribution is 2.33. The molecule has 1 saturated carbocycles. The van der Waals surface area contributed by atoms with E-state index >= 15 is 0 Å². The number of nitrogens with zero attached hydrogens (tertiary/aromatic N) is 1. The summed E-state index contributed by atoms with van der Waals surface area (Å²) in [5.41, 5.74) is 1.08. The monoisotopic (exact) mass is 292 g/mol. The predicted molar refractivity (Wildman–Crippen MR) is 74.5 cm³/mol. The topological polar surface area (TPSA) is 66.5 Å². The largest absolute Gasteiger partial charge is 0.322 e. The Labute approximate surface area is 121 Å². The zero-order valence-electron chi connectivity index (χ0n) is 11.4. The number of hydrogen-bond donors (Lipinski definition) is 1. The van der Waals surface area contributed by atoms with Crippen LogP contribution < -0.4 is 5.32 Å². The van der Waals surface area contributed by atoms with E-state index in [2.05, 4.69) is 5.32 Å². The van der Waals surface area contributed by atoms with E-state index in [9.17, 15) is 14.4 Å². The van der Waals surface area contributed by atoms with Crippen LogP contribution in [0.15, 0.2) is 6.07 Å². The first-order valence-electron chi connectivity index (χ1n) is 6.70. The molecule has 1 aliphatic carbocycles. The summed E-state index contributed by atoms with van der Waals surface area (Å²) < 4.78 is 0. The lowest BCUT2D eigenvalue weighted by molar-refractivity contribution is -0.126. The Morgan fingerprint density at radius 2 is 2.05 bits per heavy atom. The van der Waals surface area contributed by atoms with Crippen LogP contribution in [0.2, 0.25) is 0 Å². The van der Waals surface area contributed by atoms with Crippen molar-refractivity contribution in [2.24, 2.45) is 0 Å². The molecule has 0 unspecified atom stereocenters. The third-order valence-corrected chi connectivity index (χ3v) is 4.97. The van der Waals surface area contributed by atoms with Crippen molar-refractivity contribution in [2.75, 3.05) is 0 Å². The zero-order valence-corrected chi connectivity index (χ0v) is 12.3. The Hall–Kier alpha value is -1.69. The van der Waals surface area contributed by atoms with E-state index in [0.29, 0.717) is 4.88 Å². The first kappa shape index (κ1) is 13.3. The average molecular weight is 292 g/mol. The molecule has 6 heteroatoms. The smallest absolute Gasteiger partial charge is 0.264 e. The van der Waals surface area contributed by atoms with Crippen LogP contribution in [0, 0.1) is 13.8 Å². The van der Waals surface area contributed by atoms with Gasteiger partial charge in [-0.1, -0.05) is 0 Å². The fourth-order valence-electron chi connectivity index (χ4n) is 2.49. The number of nitrogens with one attached hydrogen (secondary N) is 1. The highest BCUT2D eigenvalue weighted by atomic mass is 32.1. The molecule has 3 rings (SSSR count). The van der Waals surface area contributed by atoms with Crippen molar-refractivity contribution >= 4 is 29.1 Å². The number of carbonyl (C=O) groups is 3. The van der Waals surface area contributed by atoms with Crippen molar-refractivity contribution in [3.05, 3.63) is 21.4 Å². The van der Waals surface area contributed by atoms with Crippen molar-refractivity contribution in [2.45, 2.75) is 45.2 Å². The number of carbonyl (C=O) groups excluding carboxylic acids is 3. The maximum Gasteiger partial charge on any atom is 0.264 e. The molecule has 5 nitrogen and oxygen atoms in total. The maximum atomic E-state index is 12.7. The minimum atomic E-state index is -0.634. The van der Waals surface area contributed by atoms with E-state index in [-0.39, 0.29) is 30.2 Å². The van der Waals surface area contributed by atoms with Gasteiger partial charge in [0.15, 0.2) is 0 Å². The third kappa shape index (κ3) is 2.24. The molecular weight excluding hydrogens is 276 g/mol. The van der Waals surface area contributed by atoms with Gasteiger partial charge in [-0.3, -0.25) is 19.7 Å². The minimum Gasteiger partial charge on any atom is -0.322 e. The Balaban J connectivity index is 1.89. The molecular formula is C14H16N2O3S. The quantitative estimate of drug-likeness (QED) is 0.856. The van der Waals surface area contributed by atoms with Gasteiger partial charge >= 0.3 is 0 Å². The Morgan fingerprint density at radius 3 is 2.50 bits per heavy atom. The first-order valence-corrected chi connectivity index (χ1v) is 7.52. The Morgan fingerprint density at radius 1 is 1.35 bits per heavy atom. The van der Waals surface area contributed by atoms with Crippen LogP contribution in [0.4, 0.5) is 0 Å². The molecule has 1 aromatic heterocycles. The van der Waals surface area contributed by atoms with Gasteiger partial charge < -0.3 is 4.90 Å². The minimum absolute atomic E-state index is 0.0877. The molecule has 1 atom stereocenters. The summed E-state index contributed by atoms with van der Waals surface area (Å²) >= 11 is 1.45. The third-order valence-electron chi connectivity index (χ3n) is 3.83. The van der Waals surface area contributed by atoms with Gasteiger partial charge in [-0.05, 0) is 38.3 Å². The normalized spacial score (nSPS) is 22.0. The van der Waals surface area contributed by atoms with Gasteiger partial charge in [0, 0.05) is 10.9 Å². The Bertz CT molecular complexity index is 584. The number of hydrogen-bond acceptors (Lipinski definition) is 4. The lowest BCUT2D eigenvalue weighted by Gasteiger charge is -2.26. The van der Waals surface area contributed by atoms with Gasteiger partial charge in [-0.15, -0.1) is 11.3 Å². The highest BCUT2D eigenvalue weighted by Gasteiger charge is 2.45. The Kier molecular flexibility index (Phi) is 3.12. The number of imide groups is 1. The van der Waals surface area contributed by atoms with Crippen molar-refractivity contribution in [3.63, 3.8) is 0 Å². The van der Waals surface area contributed by atoms with Gasteiger partial charge in [0.25, 0.3) is 5.91 Å². The van der Waals surface area contributed by atoms with E-state index in [1.54, 1.807) is 4.90 Å². The maximum absolute atomic E-state index is 12.7. The van der Waals surface area contributed by atoms with E-state index < -0.39 is 6.04 Å².